The molecule has 142 valence electrons. The summed E-state index contributed by atoms with van der Waals surface area (Å²) in [6.45, 7) is 0.232. The third-order valence-electron chi connectivity index (χ3n) is 4.33. The van der Waals surface area contributed by atoms with Crippen molar-refractivity contribution in [2.24, 2.45) is 0 Å². The number of benzene rings is 2. The Morgan fingerprint density at radius 3 is 2.68 bits per heavy atom. The molecule has 2 N–H and O–H groups in total. The van der Waals surface area contributed by atoms with Crippen molar-refractivity contribution in [2.75, 3.05) is 7.11 Å². The fourth-order valence-electron chi connectivity index (χ4n) is 2.97. The Balaban J connectivity index is 1.39. The van der Waals surface area contributed by atoms with Crippen molar-refractivity contribution in [3.8, 4) is 5.88 Å². The zero-order chi connectivity index (χ0) is 19.5. The number of hydrogen-bond donors (Lipinski definition) is 2. The summed E-state index contributed by atoms with van der Waals surface area (Å²) in [6, 6.07) is 11.8. The molecule has 0 radical (unpaired) electrons. The number of para-hydroxylation sites is 2. The number of ether oxygens (including phenoxy) is 1. The van der Waals surface area contributed by atoms with Crippen LogP contribution in [0.15, 0.2) is 42.5 Å². The maximum atomic E-state index is 13.2. The first-order valence-corrected chi connectivity index (χ1v) is 8.83. The van der Waals surface area contributed by atoms with E-state index in [0.29, 0.717) is 34.9 Å². The molecule has 0 atom stereocenters. The van der Waals surface area contributed by atoms with Gasteiger partial charge in [0.25, 0.3) is 0 Å². The van der Waals surface area contributed by atoms with Gasteiger partial charge in [-0.1, -0.05) is 12.1 Å². The third kappa shape index (κ3) is 3.75. The molecule has 0 saturated heterocycles. The summed E-state index contributed by atoms with van der Waals surface area (Å²) in [6.07, 6.45) is 0.635. The molecule has 28 heavy (non-hydrogen) atoms. The Morgan fingerprint density at radius 2 is 1.89 bits per heavy atom. The van der Waals surface area contributed by atoms with Crippen LogP contribution < -0.4 is 10.1 Å². The van der Waals surface area contributed by atoms with Crippen molar-refractivity contribution >= 4 is 28.0 Å². The molecule has 2 heterocycles. The first-order valence-electron chi connectivity index (χ1n) is 8.83. The van der Waals surface area contributed by atoms with Crippen LogP contribution in [0.2, 0.25) is 0 Å². The Kier molecular flexibility index (Phi) is 4.84. The number of nitrogens with one attached hydrogen (secondary N) is 2. The van der Waals surface area contributed by atoms with Gasteiger partial charge >= 0.3 is 0 Å². The molecule has 4 aromatic rings. The van der Waals surface area contributed by atoms with E-state index < -0.39 is 0 Å². The Morgan fingerprint density at radius 1 is 1.11 bits per heavy atom. The fourth-order valence-corrected chi connectivity index (χ4v) is 2.97. The lowest BCUT2D eigenvalue weighted by molar-refractivity contribution is -0.121. The van der Waals surface area contributed by atoms with E-state index in [2.05, 4.69) is 25.3 Å². The average Bonchev–Trinajstić information content (AvgIpc) is 3.11. The number of aromatic nitrogens is 4. The van der Waals surface area contributed by atoms with Gasteiger partial charge in [-0.15, -0.1) is 0 Å². The Hall–Kier alpha value is -3.55. The van der Waals surface area contributed by atoms with Crippen molar-refractivity contribution in [1.82, 2.24) is 25.3 Å². The molecule has 0 aliphatic carbocycles. The molecular formula is C20H18FN5O2. The first kappa shape index (κ1) is 17.8. The molecule has 4 rings (SSSR count). The lowest BCUT2D eigenvalue weighted by Gasteiger charge is -2.08. The predicted molar refractivity (Wildman–Crippen MR) is 102 cm³/mol. The van der Waals surface area contributed by atoms with Crippen LogP contribution in [-0.4, -0.2) is 33.0 Å². The standard InChI is InChI=1S/C20H18FN5O2/c1-28-20-16(23-13-4-2-3-5-14(13)26-20)8-9-19(27)22-11-18-24-15-7-6-12(21)10-17(15)25-18/h2-7,10H,8-9,11H2,1H3,(H,22,27)(H,24,25). The molecule has 0 aliphatic rings. The van der Waals surface area contributed by atoms with Gasteiger partial charge in [0, 0.05) is 12.8 Å². The topological polar surface area (TPSA) is 92.8 Å². The average molecular weight is 379 g/mol. The number of carbonyl (C=O) groups is 1. The minimum Gasteiger partial charge on any atom is -0.480 e. The molecule has 2 aromatic heterocycles. The number of nitrogens with zero attached hydrogens (tertiary/aromatic N) is 3. The molecule has 0 fully saturated rings. The number of aryl methyl sites for hydroxylation is 1. The van der Waals surface area contributed by atoms with E-state index in [1.54, 1.807) is 6.07 Å². The Labute approximate surface area is 160 Å². The molecule has 0 saturated carbocycles. The highest BCUT2D eigenvalue weighted by Gasteiger charge is 2.12. The SMILES string of the molecule is COc1nc2ccccc2nc1CCC(=O)NCc1nc2ccc(F)cc2[nH]1. The number of rotatable bonds is 6. The number of imidazole rings is 1. The van der Waals surface area contributed by atoms with Gasteiger partial charge in [-0.3, -0.25) is 4.79 Å². The van der Waals surface area contributed by atoms with Crippen LogP contribution in [0.25, 0.3) is 22.1 Å². The molecule has 2 aromatic carbocycles. The molecule has 8 heteroatoms. The van der Waals surface area contributed by atoms with E-state index in [9.17, 15) is 9.18 Å². The maximum Gasteiger partial charge on any atom is 0.235 e. The minimum absolute atomic E-state index is 0.149. The summed E-state index contributed by atoms with van der Waals surface area (Å²) in [5.41, 5.74) is 3.39. The highest BCUT2D eigenvalue weighted by Crippen LogP contribution is 2.19. The summed E-state index contributed by atoms with van der Waals surface area (Å²) < 4.78 is 18.5. The van der Waals surface area contributed by atoms with Gasteiger partial charge in [0.1, 0.15) is 17.3 Å². The van der Waals surface area contributed by atoms with E-state index in [0.717, 1.165) is 11.0 Å². The van der Waals surface area contributed by atoms with Crippen LogP contribution in [0.5, 0.6) is 5.88 Å². The highest BCUT2D eigenvalue weighted by atomic mass is 19.1. The van der Waals surface area contributed by atoms with Crippen molar-refractivity contribution < 1.29 is 13.9 Å². The largest absolute Gasteiger partial charge is 0.480 e. The predicted octanol–water partition coefficient (Wildman–Crippen LogP) is 2.90. The summed E-state index contributed by atoms with van der Waals surface area (Å²) in [5.74, 6) is 0.503. The van der Waals surface area contributed by atoms with E-state index >= 15 is 0 Å². The van der Waals surface area contributed by atoms with Gasteiger partial charge in [-0.25, -0.2) is 19.3 Å². The second-order valence-electron chi connectivity index (χ2n) is 6.29. The lowest BCUT2D eigenvalue weighted by atomic mass is 10.2. The summed E-state index contributed by atoms with van der Waals surface area (Å²) in [4.78, 5) is 28.5. The number of hydrogen-bond acceptors (Lipinski definition) is 5. The van der Waals surface area contributed by atoms with Gasteiger partial charge in [0.2, 0.25) is 11.8 Å². The van der Waals surface area contributed by atoms with Gasteiger partial charge in [-0.2, -0.15) is 0 Å². The number of halogens is 1. The normalized spacial score (nSPS) is 11.1. The van der Waals surface area contributed by atoms with Crippen LogP contribution in [0.1, 0.15) is 17.9 Å². The van der Waals surface area contributed by atoms with Crippen LogP contribution in [0.3, 0.4) is 0 Å². The summed E-state index contributed by atoms with van der Waals surface area (Å²) in [7, 11) is 1.53. The van der Waals surface area contributed by atoms with Crippen LogP contribution >= 0.6 is 0 Å². The molecule has 1 amide bonds. The van der Waals surface area contributed by atoms with Crippen LogP contribution in [-0.2, 0) is 17.8 Å². The fraction of sp³-hybridized carbons (Fsp3) is 0.200. The van der Waals surface area contributed by atoms with Crippen LogP contribution in [0.4, 0.5) is 4.39 Å². The summed E-state index contributed by atoms with van der Waals surface area (Å²) >= 11 is 0. The number of methoxy groups -OCH3 is 1. The van der Waals surface area contributed by atoms with Crippen molar-refractivity contribution in [3.63, 3.8) is 0 Å². The smallest absolute Gasteiger partial charge is 0.235 e. The molecular weight excluding hydrogens is 361 g/mol. The van der Waals surface area contributed by atoms with Crippen molar-refractivity contribution in [1.29, 1.82) is 0 Å². The zero-order valence-electron chi connectivity index (χ0n) is 15.2. The maximum absolute atomic E-state index is 13.2. The van der Waals surface area contributed by atoms with Gasteiger partial charge < -0.3 is 15.0 Å². The second-order valence-corrected chi connectivity index (χ2v) is 6.29. The first-order chi connectivity index (χ1) is 13.6. The summed E-state index contributed by atoms with van der Waals surface area (Å²) in [5, 5.41) is 2.80. The molecule has 0 aliphatic heterocycles. The number of H-pyrrole nitrogens is 1. The van der Waals surface area contributed by atoms with E-state index in [1.165, 1.54) is 19.2 Å². The van der Waals surface area contributed by atoms with E-state index in [-0.39, 0.29) is 24.7 Å². The molecule has 7 nitrogen and oxygen atoms in total. The second kappa shape index (κ2) is 7.59. The van der Waals surface area contributed by atoms with Gasteiger partial charge in [0.15, 0.2) is 0 Å². The zero-order valence-corrected chi connectivity index (χ0v) is 15.2. The van der Waals surface area contributed by atoms with E-state index in [4.69, 9.17) is 4.74 Å². The van der Waals surface area contributed by atoms with E-state index in [1.807, 2.05) is 24.3 Å². The number of fused-ring (bicyclic) bond motifs is 2. The van der Waals surface area contributed by atoms with Gasteiger partial charge in [-0.05, 0) is 30.3 Å². The monoisotopic (exact) mass is 379 g/mol. The number of aromatic amines is 1. The number of amides is 1. The molecule has 0 bridgehead atoms. The number of carbonyl (C=O) groups excluding carboxylic acids is 1. The van der Waals surface area contributed by atoms with Gasteiger partial charge in [0.05, 0.1) is 35.7 Å². The highest BCUT2D eigenvalue weighted by molar-refractivity contribution is 5.78. The van der Waals surface area contributed by atoms with Crippen LogP contribution in [0, 0.1) is 5.82 Å². The quantitative estimate of drug-likeness (QED) is 0.537. The van der Waals surface area contributed by atoms with Crippen molar-refractivity contribution in [3.05, 3.63) is 59.8 Å². The molecule has 0 unspecified atom stereocenters. The Bertz CT molecular complexity index is 1160. The molecule has 0 spiro atoms. The van der Waals surface area contributed by atoms with Crippen molar-refractivity contribution in [2.45, 2.75) is 19.4 Å². The lowest BCUT2D eigenvalue weighted by Crippen LogP contribution is -2.23. The minimum atomic E-state index is -0.336. The third-order valence-corrected chi connectivity index (χ3v) is 4.33.